The molecule has 2 nitrogen and oxygen atoms in total. The van der Waals surface area contributed by atoms with Crippen LogP contribution in [0.15, 0.2) is 12.1 Å². The largest absolute Gasteiger partial charge is 0.316 e. The molecule has 0 saturated heterocycles. The molecule has 3 N–H and O–H groups in total. The zero-order valence-corrected chi connectivity index (χ0v) is 9.09. The number of aryl methyl sites for hydroxylation is 2. The Morgan fingerprint density at radius 3 is 2.79 bits per heavy atom. The Balaban J connectivity index is 2.53. The van der Waals surface area contributed by atoms with Gasteiger partial charge in [-0.15, -0.1) is 0 Å². The number of fused-ring (bicyclic) bond motifs is 1. The van der Waals surface area contributed by atoms with Crippen molar-refractivity contribution in [2.24, 2.45) is 5.73 Å². The van der Waals surface area contributed by atoms with Crippen LogP contribution in [0.1, 0.15) is 35.2 Å². The van der Waals surface area contributed by atoms with Gasteiger partial charge in [-0.2, -0.15) is 0 Å². The maximum atomic E-state index is 5.93. The van der Waals surface area contributed by atoms with Crippen LogP contribution in [0.3, 0.4) is 0 Å². The van der Waals surface area contributed by atoms with Crippen LogP contribution < -0.4 is 11.1 Å². The lowest BCUT2D eigenvalue weighted by Gasteiger charge is -2.30. The molecule has 76 valence electrons. The van der Waals surface area contributed by atoms with E-state index in [0.717, 1.165) is 6.42 Å². The van der Waals surface area contributed by atoms with Gasteiger partial charge in [0.2, 0.25) is 0 Å². The molecule has 2 heteroatoms. The lowest BCUT2D eigenvalue weighted by Crippen LogP contribution is -2.44. The number of benzene rings is 1. The maximum absolute atomic E-state index is 5.93. The molecule has 1 heterocycles. The zero-order valence-electron chi connectivity index (χ0n) is 9.09. The van der Waals surface area contributed by atoms with Crippen LogP contribution in [0, 0.1) is 13.8 Å². The first-order chi connectivity index (χ1) is 6.58. The summed E-state index contributed by atoms with van der Waals surface area (Å²) in [5, 5.41) is 3.37. The highest BCUT2D eigenvalue weighted by Crippen LogP contribution is 2.28. The fourth-order valence-electron chi connectivity index (χ4n) is 2.56. The molecule has 0 bridgehead atoms. The highest BCUT2D eigenvalue weighted by Gasteiger charge is 2.22. The van der Waals surface area contributed by atoms with Gasteiger partial charge in [0.15, 0.2) is 0 Å². The topological polar surface area (TPSA) is 38.0 Å². The fourth-order valence-corrected chi connectivity index (χ4v) is 2.56. The van der Waals surface area contributed by atoms with Crippen LogP contribution >= 0.6 is 0 Å². The van der Waals surface area contributed by atoms with Crippen LogP contribution in [0.5, 0.6) is 0 Å². The molecular formula is C12H18N2. The minimum absolute atomic E-state index is 0.110. The molecule has 1 unspecified atom stereocenters. The van der Waals surface area contributed by atoms with Crippen LogP contribution in [-0.2, 0) is 6.42 Å². The Bertz CT molecular complexity index is 358. The van der Waals surface area contributed by atoms with Gasteiger partial charge in [0, 0.05) is 12.5 Å². The third-order valence-electron chi connectivity index (χ3n) is 2.95. The van der Waals surface area contributed by atoms with Crippen molar-refractivity contribution in [2.75, 3.05) is 0 Å². The van der Waals surface area contributed by atoms with Crippen molar-refractivity contribution >= 4 is 0 Å². The first kappa shape index (κ1) is 9.69. The lowest BCUT2D eigenvalue weighted by molar-refractivity contribution is 0.429. The van der Waals surface area contributed by atoms with Crippen molar-refractivity contribution < 1.29 is 0 Å². The van der Waals surface area contributed by atoms with E-state index in [0.29, 0.717) is 6.04 Å². The first-order valence-corrected chi connectivity index (χ1v) is 5.19. The molecule has 1 aromatic carbocycles. The SMILES string of the molecule is Cc1cc(C)c2c(c1)C[C@@H](N)NC2C. The predicted molar refractivity (Wildman–Crippen MR) is 59.1 cm³/mol. The van der Waals surface area contributed by atoms with E-state index in [-0.39, 0.29) is 6.17 Å². The summed E-state index contributed by atoms with van der Waals surface area (Å²) < 4.78 is 0. The summed E-state index contributed by atoms with van der Waals surface area (Å²) in [7, 11) is 0. The zero-order chi connectivity index (χ0) is 10.3. The number of hydrogen-bond acceptors (Lipinski definition) is 2. The molecule has 0 radical (unpaired) electrons. The number of nitrogens with one attached hydrogen (secondary N) is 1. The molecule has 1 aliphatic heterocycles. The van der Waals surface area contributed by atoms with E-state index in [1.807, 2.05) is 0 Å². The monoisotopic (exact) mass is 190 g/mol. The fraction of sp³-hybridized carbons (Fsp3) is 0.500. The van der Waals surface area contributed by atoms with E-state index >= 15 is 0 Å². The number of rotatable bonds is 0. The summed E-state index contributed by atoms with van der Waals surface area (Å²) in [5.41, 5.74) is 11.5. The summed E-state index contributed by atoms with van der Waals surface area (Å²) in [6.45, 7) is 6.51. The van der Waals surface area contributed by atoms with Crippen LogP contribution in [-0.4, -0.2) is 6.17 Å². The summed E-state index contributed by atoms with van der Waals surface area (Å²) >= 11 is 0. The Kier molecular flexibility index (Phi) is 2.33. The van der Waals surface area contributed by atoms with Gasteiger partial charge in [-0.3, -0.25) is 5.32 Å². The van der Waals surface area contributed by atoms with Crippen molar-refractivity contribution in [3.63, 3.8) is 0 Å². The van der Waals surface area contributed by atoms with Crippen LogP contribution in [0.25, 0.3) is 0 Å². The maximum Gasteiger partial charge on any atom is 0.0592 e. The minimum Gasteiger partial charge on any atom is -0.316 e. The molecule has 0 saturated carbocycles. The van der Waals surface area contributed by atoms with E-state index in [9.17, 15) is 0 Å². The van der Waals surface area contributed by atoms with Gasteiger partial charge >= 0.3 is 0 Å². The third-order valence-corrected chi connectivity index (χ3v) is 2.95. The Hall–Kier alpha value is -0.860. The minimum atomic E-state index is 0.110. The highest BCUT2D eigenvalue weighted by molar-refractivity contribution is 5.42. The molecule has 2 rings (SSSR count). The Labute approximate surface area is 85.5 Å². The average Bonchev–Trinajstić information content (AvgIpc) is 1.99. The first-order valence-electron chi connectivity index (χ1n) is 5.19. The van der Waals surface area contributed by atoms with Gasteiger partial charge < -0.3 is 5.73 Å². The van der Waals surface area contributed by atoms with Gasteiger partial charge in [-0.1, -0.05) is 17.7 Å². The van der Waals surface area contributed by atoms with Gasteiger partial charge in [0.05, 0.1) is 6.17 Å². The Morgan fingerprint density at radius 2 is 2.07 bits per heavy atom. The van der Waals surface area contributed by atoms with Crippen molar-refractivity contribution in [1.82, 2.24) is 5.32 Å². The van der Waals surface area contributed by atoms with E-state index in [1.54, 1.807) is 0 Å². The van der Waals surface area contributed by atoms with Crippen LogP contribution in [0.2, 0.25) is 0 Å². The normalized spacial score (nSPS) is 26.0. The van der Waals surface area contributed by atoms with E-state index in [2.05, 4.69) is 38.2 Å². The summed E-state index contributed by atoms with van der Waals surface area (Å²) in [6.07, 6.45) is 1.06. The van der Waals surface area contributed by atoms with Gasteiger partial charge in [-0.25, -0.2) is 0 Å². The molecule has 2 atom stereocenters. The molecule has 1 aromatic rings. The predicted octanol–water partition coefficient (Wildman–Crippen LogP) is 1.79. The van der Waals surface area contributed by atoms with Crippen molar-refractivity contribution in [1.29, 1.82) is 0 Å². The van der Waals surface area contributed by atoms with Gasteiger partial charge in [-0.05, 0) is 37.5 Å². The second-order valence-electron chi connectivity index (χ2n) is 4.35. The van der Waals surface area contributed by atoms with E-state index in [4.69, 9.17) is 5.73 Å². The second kappa shape index (κ2) is 3.37. The molecule has 14 heavy (non-hydrogen) atoms. The van der Waals surface area contributed by atoms with Crippen molar-refractivity contribution in [3.05, 3.63) is 34.4 Å². The van der Waals surface area contributed by atoms with E-state index < -0.39 is 0 Å². The summed E-state index contributed by atoms with van der Waals surface area (Å²) in [5.74, 6) is 0. The molecule has 0 fully saturated rings. The quantitative estimate of drug-likeness (QED) is 0.654. The lowest BCUT2D eigenvalue weighted by atomic mass is 9.88. The molecule has 0 aliphatic carbocycles. The standard InChI is InChI=1S/C12H18N2/c1-7-4-8(2)12-9(3)14-11(13)6-10(12)5-7/h4-5,9,11,14H,6,13H2,1-3H3/t9?,11-/m0/s1. The molecule has 0 aromatic heterocycles. The van der Waals surface area contributed by atoms with Crippen molar-refractivity contribution in [2.45, 2.75) is 39.4 Å². The highest BCUT2D eigenvalue weighted by atomic mass is 15.1. The molecule has 1 aliphatic rings. The average molecular weight is 190 g/mol. The summed E-state index contributed by atoms with van der Waals surface area (Å²) in [4.78, 5) is 0. The number of nitrogens with two attached hydrogens (primary N) is 1. The van der Waals surface area contributed by atoms with Gasteiger partial charge in [0.1, 0.15) is 0 Å². The Morgan fingerprint density at radius 1 is 1.36 bits per heavy atom. The van der Waals surface area contributed by atoms with E-state index in [1.165, 1.54) is 22.3 Å². The third kappa shape index (κ3) is 1.56. The molecule has 0 spiro atoms. The molecule has 0 amide bonds. The second-order valence-corrected chi connectivity index (χ2v) is 4.35. The molecular weight excluding hydrogens is 172 g/mol. The summed E-state index contributed by atoms with van der Waals surface area (Å²) in [6, 6.07) is 4.89. The van der Waals surface area contributed by atoms with Crippen molar-refractivity contribution in [3.8, 4) is 0 Å². The smallest absolute Gasteiger partial charge is 0.0592 e. The van der Waals surface area contributed by atoms with Crippen LogP contribution in [0.4, 0.5) is 0 Å². The van der Waals surface area contributed by atoms with Gasteiger partial charge in [0.25, 0.3) is 0 Å². The number of hydrogen-bond donors (Lipinski definition) is 2.